The fourth-order valence-corrected chi connectivity index (χ4v) is 2.80. The quantitative estimate of drug-likeness (QED) is 0.435. The van der Waals surface area contributed by atoms with E-state index in [-0.39, 0.29) is 0 Å². The molecule has 33 heavy (non-hydrogen) atoms. The van der Waals surface area contributed by atoms with Gasteiger partial charge in [0.25, 0.3) is 0 Å². The van der Waals surface area contributed by atoms with E-state index in [1.807, 2.05) is 0 Å². The van der Waals surface area contributed by atoms with Crippen LogP contribution < -0.4 is 10.1 Å². The molecule has 0 spiro atoms. The van der Waals surface area contributed by atoms with Crippen LogP contribution in [-0.2, 0) is 4.79 Å². The largest absolute Gasteiger partial charge is 0.497 e. The molecular weight excluding hydrogens is 457 g/mol. The number of hydrogen-bond acceptors (Lipinski definition) is 3. The van der Waals surface area contributed by atoms with E-state index in [1.54, 1.807) is 42.5 Å². The number of rotatable bonds is 6. The third kappa shape index (κ3) is 4.76. The molecule has 0 saturated carbocycles. The van der Waals surface area contributed by atoms with Crippen molar-refractivity contribution in [2.45, 2.75) is 18.0 Å². The molecule has 0 bridgehead atoms. The first-order valence-corrected chi connectivity index (χ1v) is 9.22. The average Bonchev–Trinajstić information content (AvgIpc) is 2.78. The summed E-state index contributed by atoms with van der Waals surface area (Å²) in [6, 6.07) is 16.9. The Kier molecular flexibility index (Phi) is 6.35. The average molecular weight is 472 g/mol. The van der Waals surface area contributed by atoms with Crippen molar-refractivity contribution < 1.29 is 40.3 Å². The van der Waals surface area contributed by atoms with Crippen LogP contribution in [0.2, 0.25) is 0 Å². The van der Waals surface area contributed by atoms with Gasteiger partial charge in [-0.2, -0.15) is 30.7 Å². The van der Waals surface area contributed by atoms with Gasteiger partial charge in [-0.3, -0.25) is 4.79 Å². The van der Waals surface area contributed by atoms with E-state index in [2.05, 4.69) is 4.98 Å². The lowest BCUT2D eigenvalue weighted by Gasteiger charge is -2.27. The van der Waals surface area contributed by atoms with Gasteiger partial charge in [0.15, 0.2) is 0 Å². The Balaban J connectivity index is 1.86. The number of amides is 1. The highest BCUT2D eigenvalue weighted by molar-refractivity contribution is 5.97. The monoisotopic (exact) mass is 472 g/mol. The number of carbonyl (C=O) groups is 1. The number of pyridine rings is 1. The Hall–Kier alpha value is -3.63. The van der Waals surface area contributed by atoms with Gasteiger partial charge in [-0.05, 0) is 48.5 Å². The van der Waals surface area contributed by atoms with Gasteiger partial charge >= 0.3 is 23.9 Å². The number of methoxy groups -OCH3 is 1. The van der Waals surface area contributed by atoms with E-state index >= 15 is 0 Å². The summed E-state index contributed by atoms with van der Waals surface area (Å²) in [5, 5.41) is 1.42. The second-order valence-corrected chi connectivity index (χ2v) is 6.82. The van der Waals surface area contributed by atoms with Gasteiger partial charge in [-0.25, -0.2) is 4.98 Å². The number of anilines is 1. The topological polar surface area (TPSA) is 51.2 Å². The van der Waals surface area contributed by atoms with Gasteiger partial charge < -0.3 is 10.1 Å². The summed E-state index contributed by atoms with van der Waals surface area (Å²) in [5.41, 5.74) is 1.50. The van der Waals surface area contributed by atoms with Crippen LogP contribution in [0, 0.1) is 0 Å². The normalized spacial score (nSPS) is 12.4. The Morgan fingerprint density at radius 2 is 1.39 bits per heavy atom. The lowest BCUT2D eigenvalue weighted by Crippen LogP contribution is -2.57. The molecule has 0 aliphatic heterocycles. The second kappa shape index (κ2) is 8.72. The number of hydrogen-bond donors (Lipinski definition) is 1. The molecule has 0 atom stereocenters. The van der Waals surface area contributed by atoms with E-state index in [0.717, 1.165) is 17.7 Å². The fourth-order valence-electron chi connectivity index (χ4n) is 2.80. The third-order valence-electron chi connectivity index (χ3n) is 4.59. The van der Waals surface area contributed by atoms with E-state index < -0.39 is 29.6 Å². The Morgan fingerprint density at radius 3 is 1.97 bits per heavy atom. The molecule has 3 rings (SSSR count). The zero-order valence-corrected chi connectivity index (χ0v) is 16.8. The molecule has 1 N–H and O–H groups in total. The van der Waals surface area contributed by atoms with Crippen LogP contribution in [0.25, 0.3) is 22.5 Å². The van der Waals surface area contributed by atoms with Gasteiger partial charge in [0.2, 0.25) is 0 Å². The highest BCUT2D eigenvalue weighted by Crippen LogP contribution is 2.47. The second-order valence-electron chi connectivity index (χ2n) is 6.82. The zero-order chi connectivity index (χ0) is 24.4. The number of aromatic nitrogens is 1. The molecule has 0 fully saturated rings. The van der Waals surface area contributed by atoms with Gasteiger partial charge in [0.05, 0.1) is 18.5 Å². The summed E-state index contributed by atoms with van der Waals surface area (Å²) >= 11 is 0. The van der Waals surface area contributed by atoms with Crippen LogP contribution in [0.4, 0.5) is 36.4 Å². The molecule has 0 radical (unpaired) electrons. The van der Waals surface area contributed by atoms with Crippen LogP contribution in [0.15, 0.2) is 66.7 Å². The third-order valence-corrected chi connectivity index (χ3v) is 4.59. The van der Waals surface area contributed by atoms with Crippen molar-refractivity contribution in [3.05, 3.63) is 66.7 Å². The van der Waals surface area contributed by atoms with Crippen LogP contribution in [0.5, 0.6) is 5.75 Å². The maximum Gasteiger partial charge on any atom is 0.460 e. The smallest absolute Gasteiger partial charge is 0.460 e. The first-order valence-electron chi connectivity index (χ1n) is 9.22. The summed E-state index contributed by atoms with van der Waals surface area (Å²) in [6.07, 6.45) is -6.61. The van der Waals surface area contributed by atoms with E-state index in [4.69, 9.17) is 4.74 Å². The minimum Gasteiger partial charge on any atom is -0.497 e. The van der Waals surface area contributed by atoms with Crippen molar-refractivity contribution in [2.24, 2.45) is 0 Å². The van der Waals surface area contributed by atoms with Gasteiger partial charge in [0, 0.05) is 16.8 Å². The minimum atomic E-state index is -6.61. The Morgan fingerprint density at radius 1 is 0.818 bits per heavy atom. The van der Waals surface area contributed by atoms with E-state index in [0.29, 0.717) is 22.7 Å². The zero-order valence-electron chi connectivity index (χ0n) is 16.8. The van der Waals surface area contributed by atoms with Crippen LogP contribution in [0.3, 0.4) is 0 Å². The molecule has 174 valence electrons. The maximum absolute atomic E-state index is 13.6. The lowest BCUT2D eigenvalue weighted by molar-refractivity contribution is -0.343. The Labute approximate surface area is 183 Å². The fraction of sp³-hybridized carbons (Fsp3) is 0.182. The van der Waals surface area contributed by atoms with Crippen LogP contribution in [0.1, 0.15) is 0 Å². The number of alkyl halides is 7. The van der Waals surface area contributed by atoms with Crippen LogP contribution >= 0.6 is 0 Å². The maximum atomic E-state index is 13.6. The van der Waals surface area contributed by atoms with Crippen molar-refractivity contribution in [2.75, 3.05) is 12.4 Å². The SMILES string of the molecule is COc1ccc(-c2cccc(-c3cccc(NC(=O)C(F)(F)C(F)(F)C(F)(F)F)c3)n2)cc1. The molecular formula is C22H15F7N2O2. The first kappa shape index (κ1) is 24.0. The van der Waals surface area contributed by atoms with Crippen molar-refractivity contribution >= 4 is 11.6 Å². The summed E-state index contributed by atoms with van der Waals surface area (Å²) in [5.74, 6) is -14.7. The molecule has 2 aromatic carbocycles. The molecule has 3 aromatic rings. The first-order chi connectivity index (χ1) is 15.4. The number of carbonyl (C=O) groups excluding carboxylic acids is 1. The summed E-state index contributed by atoms with van der Waals surface area (Å²) < 4.78 is 95.4. The van der Waals surface area contributed by atoms with Crippen molar-refractivity contribution in [3.8, 4) is 28.3 Å². The summed E-state index contributed by atoms with van der Waals surface area (Å²) in [7, 11) is 1.51. The number of ether oxygens (including phenoxy) is 1. The van der Waals surface area contributed by atoms with Crippen LogP contribution in [-0.4, -0.2) is 36.0 Å². The molecule has 0 aliphatic rings. The lowest BCUT2D eigenvalue weighted by atomic mass is 10.1. The van der Waals surface area contributed by atoms with E-state index in [1.165, 1.54) is 24.6 Å². The standard InChI is InChI=1S/C22H15F7N2O2/c1-33-16-10-8-13(9-11-16)17-6-3-7-18(31-17)14-4-2-5-15(12-14)30-19(32)20(23,24)21(25,26)22(27,28)29/h2-12H,1H3,(H,30,32). The van der Waals surface area contributed by atoms with E-state index in [9.17, 15) is 35.5 Å². The Bertz CT molecular complexity index is 1150. The highest BCUT2D eigenvalue weighted by Gasteiger charge is 2.76. The molecule has 1 aromatic heterocycles. The minimum absolute atomic E-state index is 0.300. The van der Waals surface area contributed by atoms with Gasteiger partial charge in [-0.1, -0.05) is 18.2 Å². The van der Waals surface area contributed by atoms with Crippen molar-refractivity contribution in [3.63, 3.8) is 0 Å². The predicted molar refractivity (Wildman–Crippen MR) is 106 cm³/mol. The predicted octanol–water partition coefficient (Wildman–Crippen LogP) is 6.20. The van der Waals surface area contributed by atoms with Gasteiger partial charge in [0.1, 0.15) is 5.75 Å². The molecule has 0 unspecified atom stereocenters. The van der Waals surface area contributed by atoms with Crippen molar-refractivity contribution in [1.29, 1.82) is 0 Å². The molecule has 0 aliphatic carbocycles. The number of nitrogens with one attached hydrogen (secondary N) is 1. The molecule has 4 nitrogen and oxygen atoms in total. The number of nitrogens with zero attached hydrogens (tertiary/aromatic N) is 1. The molecule has 11 heteroatoms. The van der Waals surface area contributed by atoms with Gasteiger partial charge in [-0.15, -0.1) is 0 Å². The number of halogens is 7. The summed E-state index contributed by atoms with van der Waals surface area (Å²) in [4.78, 5) is 16.0. The molecule has 1 amide bonds. The summed E-state index contributed by atoms with van der Waals surface area (Å²) in [6.45, 7) is 0. The molecule has 1 heterocycles. The molecule has 0 saturated heterocycles. The van der Waals surface area contributed by atoms with Crippen molar-refractivity contribution in [1.82, 2.24) is 4.98 Å². The number of benzene rings is 2. The highest BCUT2D eigenvalue weighted by atomic mass is 19.4.